The highest BCUT2D eigenvalue weighted by molar-refractivity contribution is 7.91. The molecule has 2 aromatic carbocycles. The number of rotatable bonds is 9. The number of morpholine rings is 1. The number of ether oxygens (including phenoxy) is 1. The van der Waals surface area contributed by atoms with Crippen molar-refractivity contribution < 1.29 is 30.8 Å². The minimum Gasteiger partial charge on any atom is -0.422 e. The normalized spacial score (nSPS) is 15.4. The van der Waals surface area contributed by atoms with E-state index >= 15 is 0 Å². The molecular weight excluding hydrogens is 581 g/mol. The average molecular weight is 607 g/mol. The van der Waals surface area contributed by atoms with Gasteiger partial charge in [0.2, 0.25) is 11.8 Å². The fourth-order valence-electron chi connectivity index (χ4n) is 4.17. The molecule has 0 saturated carbocycles. The van der Waals surface area contributed by atoms with E-state index in [-0.39, 0.29) is 35.0 Å². The zero-order valence-electron chi connectivity index (χ0n) is 21.3. The number of benzene rings is 2. The minimum atomic E-state index is -4.00. The van der Waals surface area contributed by atoms with Crippen LogP contribution in [-0.4, -0.2) is 74.9 Å². The van der Waals surface area contributed by atoms with Crippen LogP contribution in [-0.2, 0) is 31.3 Å². The summed E-state index contributed by atoms with van der Waals surface area (Å²) in [6.07, 6.45) is 0. The van der Waals surface area contributed by atoms with Crippen LogP contribution in [0.25, 0.3) is 21.3 Å². The number of hydrogen-bond acceptors (Lipinski definition) is 11. The summed E-state index contributed by atoms with van der Waals surface area (Å²) in [7, 11) is -7.79. The number of nitrogens with two attached hydrogens (primary N) is 1. The molecular formula is C24H26N6O7S3. The third-order valence-corrected chi connectivity index (χ3v) is 10.0. The van der Waals surface area contributed by atoms with Crippen LogP contribution in [0, 0.1) is 0 Å². The van der Waals surface area contributed by atoms with E-state index < -0.39 is 25.3 Å². The van der Waals surface area contributed by atoms with Gasteiger partial charge < -0.3 is 14.1 Å². The number of amides is 1. The first-order chi connectivity index (χ1) is 19.0. The number of nitrogens with one attached hydrogen (secondary N) is 1. The van der Waals surface area contributed by atoms with Crippen LogP contribution >= 0.6 is 11.3 Å². The van der Waals surface area contributed by atoms with Crippen molar-refractivity contribution in [1.29, 1.82) is 0 Å². The molecule has 1 amide bonds. The average Bonchev–Trinajstić information content (AvgIpc) is 3.58. The van der Waals surface area contributed by atoms with Gasteiger partial charge >= 0.3 is 0 Å². The molecule has 4 aromatic rings. The molecule has 1 aliphatic heterocycles. The van der Waals surface area contributed by atoms with Crippen molar-refractivity contribution in [2.75, 3.05) is 32.1 Å². The van der Waals surface area contributed by atoms with Gasteiger partial charge in [-0.15, -0.1) is 21.5 Å². The predicted molar refractivity (Wildman–Crippen MR) is 147 cm³/mol. The van der Waals surface area contributed by atoms with E-state index in [1.54, 1.807) is 23.1 Å². The number of hydrogen-bond donors (Lipinski definition) is 2. The van der Waals surface area contributed by atoms with Gasteiger partial charge in [-0.2, -0.15) is 13.1 Å². The first kappa shape index (κ1) is 28.3. The Morgan fingerprint density at radius 1 is 1.07 bits per heavy atom. The van der Waals surface area contributed by atoms with Gasteiger partial charge in [-0.05, 0) is 35.4 Å². The highest BCUT2D eigenvalue weighted by Crippen LogP contribution is 2.37. The lowest BCUT2D eigenvalue weighted by Gasteiger charge is -2.26. The molecule has 0 bridgehead atoms. The molecule has 40 heavy (non-hydrogen) atoms. The number of fused-ring (bicyclic) bond motifs is 1. The molecule has 16 heteroatoms. The van der Waals surface area contributed by atoms with Gasteiger partial charge in [0, 0.05) is 24.4 Å². The molecule has 0 radical (unpaired) electrons. The van der Waals surface area contributed by atoms with E-state index in [0.29, 0.717) is 37.4 Å². The van der Waals surface area contributed by atoms with Crippen molar-refractivity contribution in [1.82, 2.24) is 24.8 Å². The number of aromatic nitrogens is 3. The van der Waals surface area contributed by atoms with Gasteiger partial charge in [-0.1, -0.05) is 25.1 Å². The van der Waals surface area contributed by atoms with E-state index in [2.05, 4.69) is 15.2 Å². The fourth-order valence-corrected chi connectivity index (χ4v) is 7.16. The number of carbonyl (C=O) groups excluding carboxylic acids is 1. The third-order valence-electron chi connectivity index (χ3n) is 6.29. The van der Waals surface area contributed by atoms with E-state index in [1.807, 2.05) is 29.0 Å². The lowest BCUT2D eigenvalue weighted by molar-refractivity contribution is 0.0303. The number of sulfone groups is 1. The molecule has 1 atom stereocenters. The Balaban J connectivity index is 1.42. The molecule has 13 nitrogen and oxygen atoms in total. The van der Waals surface area contributed by atoms with E-state index in [0.717, 1.165) is 15.8 Å². The lowest BCUT2D eigenvalue weighted by atomic mass is 10.0. The first-order valence-corrected chi connectivity index (χ1v) is 16.3. The minimum absolute atomic E-state index is 0.0369. The molecule has 3 heterocycles. The van der Waals surface area contributed by atoms with Crippen molar-refractivity contribution in [2.45, 2.75) is 18.7 Å². The summed E-state index contributed by atoms with van der Waals surface area (Å²) in [6, 6.07) is 12.9. The van der Waals surface area contributed by atoms with E-state index in [9.17, 15) is 21.6 Å². The van der Waals surface area contributed by atoms with Crippen molar-refractivity contribution >= 4 is 47.5 Å². The molecule has 5 rings (SSSR count). The zero-order chi connectivity index (χ0) is 28.5. The quantitative estimate of drug-likeness (QED) is 0.283. The maximum absolute atomic E-state index is 13.1. The smallest absolute Gasteiger partial charge is 0.274 e. The Bertz CT molecular complexity index is 1740. The molecule has 0 aliphatic carbocycles. The van der Waals surface area contributed by atoms with Gasteiger partial charge in [0.25, 0.3) is 16.1 Å². The second-order valence-electron chi connectivity index (χ2n) is 8.95. The Hall–Kier alpha value is -3.28. The summed E-state index contributed by atoms with van der Waals surface area (Å²) in [5.74, 6) is -0.598. The van der Waals surface area contributed by atoms with Crippen molar-refractivity contribution in [3.05, 3.63) is 64.8 Å². The van der Waals surface area contributed by atoms with Crippen molar-refractivity contribution in [3.63, 3.8) is 0 Å². The Labute approximate surface area is 234 Å². The molecule has 1 saturated heterocycles. The first-order valence-electron chi connectivity index (χ1n) is 12.2. The number of carbonyl (C=O) groups is 1. The topological polar surface area (TPSA) is 188 Å². The van der Waals surface area contributed by atoms with Gasteiger partial charge in [0.1, 0.15) is 5.01 Å². The van der Waals surface area contributed by atoms with E-state index in [1.165, 1.54) is 18.3 Å². The van der Waals surface area contributed by atoms with Crippen LogP contribution in [0.4, 0.5) is 0 Å². The monoisotopic (exact) mass is 606 g/mol. The molecule has 3 N–H and O–H groups in total. The summed E-state index contributed by atoms with van der Waals surface area (Å²) in [5.41, 5.74) is 2.95. The highest BCUT2D eigenvalue weighted by atomic mass is 32.2. The number of nitrogens with zero attached hydrogens (tertiary/aromatic N) is 4. The van der Waals surface area contributed by atoms with Gasteiger partial charge in [-0.25, -0.2) is 18.5 Å². The molecule has 1 aliphatic rings. The lowest BCUT2D eigenvalue weighted by Crippen LogP contribution is -2.40. The summed E-state index contributed by atoms with van der Waals surface area (Å²) in [5, 5.41) is 11.5. The Kier molecular flexibility index (Phi) is 7.98. The van der Waals surface area contributed by atoms with Crippen molar-refractivity contribution in [3.8, 4) is 11.1 Å². The third kappa shape index (κ3) is 6.21. The zero-order valence-corrected chi connectivity index (χ0v) is 23.8. The van der Waals surface area contributed by atoms with Crippen LogP contribution < -0.4 is 9.86 Å². The van der Waals surface area contributed by atoms with Gasteiger partial charge in [0.15, 0.2) is 15.1 Å². The summed E-state index contributed by atoms with van der Waals surface area (Å²) >= 11 is 1.18. The van der Waals surface area contributed by atoms with Gasteiger partial charge in [-0.3, -0.25) is 4.79 Å². The number of thiazole rings is 1. The molecule has 1 fully saturated rings. The second-order valence-corrected chi connectivity index (χ2v) is 13.8. The largest absolute Gasteiger partial charge is 0.422 e. The predicted octanol–water partition coefficient (Wildman–Crippen LogP) is 1.64. The fraction of sp³-hybridized carbons (Fsp3) is 0.333. The Morgan fingerprint density at radius 3 is 2.45 bits per heavy atom. The maximum atomic E-state index is 13.1. The standard InChI is InChI=1S/C24H26N6O7S3/c1-2-39(32,33)21(22-29-28-20(37-22)14-26-40(25,34)35)23-27-18-8-7-17(13-19(18)38-23)15-3-5-16(6-4-15)24(31)30-9-11-36-12-10-30/h3-8,13,21,26H,2,9-12,14H2,1H3,(H2,25,34,35). The van der Waals surface area contributed by atoms with Crippen LogP contribution in [0.2, 0.25) is 0 Å². The summed E-state index contributed by atoms with van der Waals surface area (Å²) < 4.78 is 62.0. The van der Waals surface area contributed by atoms with E-state index in [4.69, 9.17) is 14.3 Å². The van der Waals surface area contributed by atoms with Crippen molar-refractivity contribution in [2.24, 2.45) is 5.14 Å². The second kappa shape index (κ2) is 11.3. The van der Waals surface area contributed by atoms with Crippen LogP contribution in [0.1, 0.15) is 39.3 Å². The highest BCUT2D eigenvalue weighted by Gasteiger charge is 2.35. The SMILES string of the molecule is CCS(=O)(=O)C(c1nnc(CNS(N)(=O)=O)o1)c1nc2ccc(-c3ccc(C(=O)N4CCOCC4)cc3)cc2s1. The summed E-state index contributed by atoms with van der Waals surface area (Å²) in [6.45, 7) is 3.31. The Morgan fingerprint density at radius 2 is 1.77 bits per heavy atom. The summed E-state index contributed by atoms with van der Waals surface area (Å²) in [4.78, 5) is 19.1. The molecule has 1 unspecified atom stereocenters. The molecule has 2 aromatic heterocycles. The van der Waals surface area contributed by atoms with Crippen LogP contribution in [0.15, 0.2) is 46.9 Å². The van der Waals surface area contributed by atoms with Crippen LogP contribution in [0.3, 0.4) is 0 Å². The molecule has 212 valence electrons. The molecule has 0 spiro atoms. The van der Waals surface area contributed by atoms with Crippen LogP contribution in [0.5, 0.6) is 0 Å². The van der Waals surface area contributed by atoms with Gasteiger partial charge in [0.05, 0.1) is 30.0 Å². The maximum Gasteiger partial charge on any atom is 0.274 e.